The number of thioether (sulfide) groups is 1. The first-order chi connectivity index (χ1) is 13.5. The summed E-state index contributed by atoms with van der Waals surface area (Å²) in [6.07, 6.45) is 5.48. The van der Waals surface area contributed by atoms with Crippen LogP contribution in [0.3, 0.4) is 0 Å². The third-order valence-electron chi connectivity index (χ3n) is 6.37. The summed E-state index contributed by atoms with van der Waals surface area (Å²) in [7, 11) is 0. The maximum absolute atomic E-state index is 13.0. The standard InChI is InChI=1S/C22H29N3O2S/c1-13-7-6-10-18(14(13)2)23-20(26)15(3)28-22-24-19-9-5-4-8-17(19)21(27)25(22)16-11-12-16/h4-5,8-9,13-16,18H,6-7,10-12H2,1-3H3,(H,23,26)/t13-,14-,15-,18-/m1/s1. The van der Waals surface area contributed by atoms with Crippen molar-refractivity contribution >= 4 is 28.6 Å². The van der Waals surface area contributed by atoms with Gasteiger partial charge >= 0.3 is 0 Å². The van der Waals surface area contributed by atoms with Crippen molar-refractivity contribution in [3.63, 3.8) is 0 Å². The number of carbonyl (C=O) groups excluding carboxylic acids is 1. The molecule has 1 aromatic carbocycles. The Morgan fingerprint density at radius 1 is 1.21 bits per heavy atom. The maximum Gasteiger partial charge on any atom is 0.262 e. The summed E-state index contributed by atoms with van der Waals surface area (Å²) in [4.78, 5) is 30.6. The fourth-order valence-corrected chi connectivity index (χ4v) is 5.15. The maximum atomic E-state index is 13.0. The number of carbonyl (C=O) groups is 1. The molecule has 0 saturated heterocycles. The fourth-order valence-electron chi connectivity index (χ4n) is 4.16. The first kappa shape index (κ1) is 19.5. The number of hydrogen-bond donors (Lipinski definition) is 1. The largest absolute Gasteiger partial charge is 0.352 e. The molecule has 2 aliphatic carbocycles. The van der Waals surface area contributed by atoms with Gasteiger partial charge in [-0.25, -0.2) is 4.98 Å². The zero-order valence-corrected chi connectivity index (χ0v) is 17.7. The number of benzene rings is 1. The summed E-state index contributed by atoms with van der Waals surface area (Å²) < 4.78 is 1.81. The van der Waals surface area contributed by atoms with Crippen molar-refractivity contribution in [1.82, 2.24) is 14.9 Å². The molecular weight excluding hydrogens is 370 g/mol. The summed E-state index contributed by atoms with van der Waals surface area (Å²) in [5, 5.41) is 4.29. The third kappa shape index (κ3) is 3.84. The number of nitrogens with one attached hydrogen (secondary N) is 1. The van der Waals surface area contributed by atoms with Crippen LogP contribution in [-0.4, -0.2) is 26.8 Å². The highest BCUT2D eigenvalue weighted by Gasteiger charge is 2.32. The van der Waals surface area contributed by atoms with E-state index in [2.05, 4.69) is 19.2 Å². The molecule has 1 heterocycles. The molecule has 150 valence electrons. The van der Waals surface area contributed by atoms with E-state index < -0.39 is 0 Å². The van der Waals surface area contributed by atoms with E-state index in [-0.39, 0.29) is 28.8 Å². The smallest absolute Gasteiger partial charge is 0.262 e. The van der Waals surface area contributed by atoms with E-state index in [1.807, 2.05) is 35.8 Å². The second-order valence-corrected chi connectivity index (χ2v) is 9.77. The van der Waals surface area contributed by atoms with Gasteiger partial charge in [-0.05, 0) is 50.2 Å². The lowest BCUT2D eigenvalue weighted by Gasteiger charge is -2.35. The van der Waals surface area contributed by atoms with Crippen LogP contribution >= 0.6 is 11.8 Å². The van der Waals surface area contributed by atoms with Gasteiger partial charge in [-0.3, -0.25) is 14.2 Å². The summed E-state index contributed by atoms with van der Waals surface area (Å²) in [6.45, 7) is 6.42. The lowest BCUT2D eigenvalue weighted by Crippen LogP contribution is -2.46. The molecule has 0 bridgehead atoms. The van der Waals surface area contributed by atoms with Gasteiger partial charge in [0.25, 0.3) is 5.56 Å². The number of nitrogens with zero attached hydrogens (tertiary/aromatic N) is 2. The zero-order valence-electron chi connectivity index (χ0n) is 16.9. The molecule has 1 N–H and O–H groups in total. The van der Waals surface area contributed by atoms with Crippen molar-refractivity contribution in [2.45, 2.75) is 75.4 Å². The second-order valence-electron chi connectivity index (χ2n) is 8.46. The molecule has 0 radical (unpaired) electrons. The molecule has 1 amide bonds. The van der Waals surface area contributed by atoms with Crippen LogP contribution in [-0.2, 0) is 4.79 Å². The Hall–Kier alpha value is -1.82. The molecule has 2 fully saturated rings. The van der Waals surface area contributed by atoms with Crippen LogP contribution < -0.4 is 10.9 Å². The molecule has 6 heteroatoms. The molecule has 28 heavy (non-hydrogen) atoms. The Morgan fingerprint density at radius 3 is 2.71 bits per heavy atom. The van der Waals surface area contributed by atoms with Crippen LogP contribution in [0.25, 0.3) is 10.9 Å². The average Bonchev–Trinajstić information content (AvgIpc) is 3.50. The monoisotopic (exact) mass is 399 g/mol. The van der Waals surface area contributed by atoms with Gasteiger partial charge in [0.15, 0.2) is 5.16 Å². The number of amides is 1. The van der Waals surface area contributed by atoms with E-state index in [4.69, 9.17) is 4.98 Å². The van der Waals surface area contributed by atoms with Crippen LogP contribution in [0.5, 0.6) is 0 Å². The molecule has 0 unspecified atom stereocenters. The van der Waals surface area contributed by atoms with Gasteiger partial charge in [-0.15, -0.1) is 0 Å². The number of fused-ring (bicyclic) bond motifs is 1. The van der Waals surface area contributed by atoms with Crippen LogP contribution in [0.2, 0.25) is 0 Å². The predicted octanol–water partition coefficient (Wildman–Crippen LogP) is 4.15. The Bertz CT molecular complexity index is 937. The van der Waals surface area contributed by atoms with Crippen LogP contribution in [0, 0.1) is 11.8 Å². The molecular formula is C22H29N3O2S. The molecule has 5 nitrogen and oxygen atoms in total. The Labute approximate surface area is 170 Å². The van der Waals surface area contributed by atoms with Crippen LogP contribution in [0.4, 0.5) is 0 Å². The third-order valence-corrected chi connectivity index (χ3v) is 7.44. The van der Waals surface area contributed by atoms with Gasteiger partial charge < -0.3 is 5.32 Å². The summed E-state index contributed by atoms with van der Waals surface area (Å²) >= 11 is 1.41. The fraction of sp³-hybridized carbons (Fsp3) is 0.591. The van der Waals surface area contributed by atoms with E-state index >= 15 is 0 Å². The average molecular weight is 400 g/mol. The predicted molar refractivity (Wildman–Crippen MR) is 114 cm³/mol. The highest BCUT2D eigenvalue weighted by molar-refractivity contribution is 8.00. The normalized spacial score (nSPS) is 26.2. The number of aromatic nitrogens is 2. The minimum Gasteiger partial charge on any atom is -0.352 e. The van der Waals surface area contributed by atoms with Crippen molar-refractivity contribution in [2.24, 2.45) is 11.8 Å². The van der Waals surface area contributed by atoms with Gasteiger partial charge in [0, 0.05) is 12.1 Å². The van der Waals surface area contributed by atoms with Crippen molar-refractivity contribution in [2.75, 3.05) is 0 Å². The zero-order chi connectivity index (χ0) is 19.8. The minimum atomic E-state index is -0.289. The SMILES string of the molecule is C[C@@H]1[C@H](C)CCC[C@H]1NC(=O)[C@@H](C)Sc1nc2ccccc2c(=O)n1C1CC1. The highest BCUT2D eigenvalue weighted by Crippen LogP contribution is 2.38. The summed E-state index contributed by atoms with van der Waals surface area (Å²) in [5.41, 5.74) is 0.715. The second kappa shape index (κ2) is 7.90. The first-order valence-electron chi connectivity index (χ1n) is 10.4. The van der Waals surface area contributed by atoms with Gasteiger partial charge in [-0.1, -0.05) is 50.6 Å². The lowest BCUT2D eigenvalue weighted by molar-refractivity contribution is -0.121. The molecule has 2 saturated carbocycles. The Kier molecular flexibility index (Phi) is 5.50. The van der Waals surface area contributed by atoms with Gasteiger partial charge in [0.2, 0.25) is 5.91 Å². The van der Waals surface area contributed by atoms with Gasteiger partial charge in [0.05, 0.1) is 16.2 Å². The molecule has 0 spiro atoms. The summed E-state index contributed by atoms with van der Waals surface area (Å²) in [6, 6.07) is 7.94. The topological polar surface area (TPSA) is 64.0 Å². The summed E-state index contributed by atoms with van der Waals surface area (Å²) in [5.74, 6) is 1.18. The molecule has 2 aromatic rings. The Morgan fingerprint density at radius 2 is 1.96 bits per heavy atom. The van der Waals surface area contributed by atoms with Crippen molar-refractivity contribution < 1.29 is 4.79 Å². The number of hydrogen-bond acceptors (Lipinski definition) is 4. The van der Waals surface area contributed by atoms with E-state index in [0.717, 1.165) is 19.3 Å². The highest BCUT2D eigenvalue weighted by atomic mass is 32.2. The molecule has 4 atom stereocenters. The first-order valence-corrected chi connectivity index (χ1v) is 11.3. The van der Waals surface area contributed by atoms with E-state index in [1.165, 1.54) is 24.6 Å². The van der Waals surface area contributed by atoms with Crippen LogP contribution in [0.15, 0.2) is 34.2 Å². The van der Waals surface area contributed by atoms with E-state index in [9.17, 15) is 9.59 Å². The van der Waals surface area contributed by atoms with E-state index in [0.29, 0.717) is 27.9 Å². The van der Waals surface area contributed by atoms with Crippen LogP contribution in [0.1, 0.15) is 58.9 Å². The molecule has 2 aliphatic rings. The number of para-hydroxylation sites is 1. The Balaban J connectivity index is 1.55. The van der Waals surface area contributed by atoms with Crippen molar-refractivity contribution in [3.05, 3.63) is 34.6 Å². The molecule has 4 rings (SSSR count). The quantitative estimate of drug-likeness (QED) is 0.606. The van der Waals surface area contributed by atoms with Crippen molar-refractivity contribution in [3.8, 4) is 0 Å². The molecule has 0 aliphatic heterocycles. The number of rotatable bonds is 5. The van der Waals surface area contributed by atoms with Gasteiger partial charge in [0.1, 0.15) is 0 Å². The van der Waals surface area contributed by atoms with Gasteiger partial charge in [-0.2, -0.15) is 0 Å². The van der Waals surface area contributed by atoms with E-state index in [1.54, 1.807) is 0 Å². The minimum absolute atomic E-state index is 0.0120. The van der Waals surface area contributed by atoms with Crippen molar-refractivity contribution in [1.29, 1.82) is 0 Å². The lowest BCUT2D eigenvalue weighted by atomic mass is 9.78. The molecule has 1 aromatic heterocycles.